The molecule has 3 atom stereocenters. The van der Waals surface area contributed by atoms with E-state index >= 15 is 0 Å². The summed E-state index contributed by atoms with van der Waals surface area (Å²) in [6.07, 6.45) is 2.48. The van der Waals surface area contributed by atoms with E-state index in [1.54, 1.807) is 6.07 Å². The van der Waals surface area contributed by atoms with E-state index in [1.165, 1.54) is 25.0 Å². The van der Waals surface area contributed by atoms with E-state index < -0.39 is 11.7 Å². The molecule has 0 unspecified atom stereocenters. The highest BCUT2D eigenvalue weighted by Crippen LogP contribution is 2.47. The van der Waals surface area contributed by atoms with Gasteiger partial charge in [0, 0.05) is 49.4 Å². The van der Waals surface area contributed by atoms with E-state index in [2.05, 4.69) is 27.0 Å². The molecule has 220 valence electrons. The highest BCUT2D eigenvalue weighted by Gasteiger charge is 2.43. The molecule has 0 radical (unpaired) electrons. The first-order valence-electron chi connectivity index (χ1n) is 15.3. The molecule has 9 heteroatoms. The lowest BCUT2D eigenvalue weighted by Crippen LogP contribution is -2.50. The molecule has 6 rings (SSSR count). The van der Waals surface area contributed by atoms with E-state index in [0.717, 1.165) is 93.5 Å². The van der Waals surface area contributed by atoms with Gasteiger partial charge in [-0.3, -0.25) is 4.79 Å². The molecule has 2 N–H and O–H groups in total. The summed E-state index contributed by atoms with van der Waals surface area (Å²) < 4.78 is 46.1. The van der Waals surface area contributed by atoms with Gasteiger partial charge in [0.1, 0.15) is 0 Å². The summed E-state index contributed by atoms with van der Waals surface area (Å²) in [5, 5.41) is 3.98. The number of H-pyrrole nitrogens is 1. The normalized spacial score (nSPS) is 27.4. The highest BCUT2D eigenvalue weighted by molar-refractivity contribution is 5.86. The summed E-state index contributed by atoms with van der Waals surface area (Å²) in [7, 11) is 0. The van der Waals surface area contributed by atoms with Gasteiger partial charge < -0.3 is 24.8 Å². The third-order valence-electron chi connectivity index (χ3n) is 10.5. The predicted molar refractivity (Wildman–Crippen MR) is 149 cm³/mol. The van der Waals surface area contributed by atoms with Crippen LogP contribution >= 0.6 is 0 Å². The Morgan fingerprint density at radius 1 is 1.12 bits per heavy atom. The minimum absolute atomic E-state index is 0.180. The van der Waals surface area contributed by atoms with Crippen molar-refractivity contribution < 1.29 is 22.7 Å². The van der Waals surface area contributed by atoms with Crippen LogP contribution in [-0.4, -0.2) is 79.7 Å². The van der Waals surface area contributed by atoms with Crippen LogP contribution in [0.25, 0.3) is 10.9 Å². The second-order valence-electron chi connectivity index (χ2n) is 12.7. The number of alkyl halides is 3. The lowest BCUT2D eigenvalue weighted by Gasteiger charge is -2.45. The number of ether oxygens (including phenoxy) is 1. The maximum atomic E-state index is 13.5. The number of benzene rings is 1. The number of nitrogens with zero attached hydrogens (tertiary/aromatic N) is 2. The van der Waals surface area contributed by atoms with Crippen molar-refractivity contribution >= 4 is 16.8 Å². The quantitative estimate of drug-likeness (QED) is 0.490. The maximum Gasteiger partial charge on any atom is 0.416 e. The van der Waals surface area contributed by atoms with Crippen LogP contribution in [0.15, 0.2) is 18.2 Å². The lowest BCUT2D eigenvalue weighted by atomic mass is 9.68. The first-order valence-corrected chi connectivity index (χ1v) is 15.3. The number of amides is 1. The van der Waals surface area contributed by atoms with Crippen LogP contribution < -0.4 is 5.32 Å². The van der Waals surface area contributed by atoms with Gasteiger partial charge in [0.05, 0.1) is 11.0 Å². The van der Waals surface area contributed by atoms with E-state index in [4.69, 9.17) is 4.74 Å². The summed E-state index contributed by atoms with van der Waals surface area (Å²) in [4.78, 5) is 21.9. The van der Waals surface area contributed by atoms with Crippen molar-refractivity contribution in [2.24, 2.45) is 17.3 Å². The van der Waals surface area contributed by atoms with Crippen LogP contribution in [0, 0.1) is 17.3 Å². The Morgan fingerprint density at radius 3 is 2.65 bits per heavy atom. The van der Waals surface area contributed by atoms with Gasteiger partial charge in [0.15, 0.2) is 0 Å². The average Bonchev–Trinajstić information content (AvgIpc) is 3.59. The molecular weight excluding hydrogens is 517 g/mol. The summed E-state index contributed by atoms with van der Waals surface area (Å²) >= 11 is 0. The molecule has 1 aromatic carbocycles. The molecule has 3 saturated heterocycles. The molecule has 0 spiro atoms. The molecule has 3 fully saturated rings. The molecule has 6 nitrogen and oxygen atoms in total. The summed E-state index contributed by atoms with van der Waals surface area (Å²) in [5.41, 5.74) is 2.03. The van der Waals surface area contributed by atoms with Crippen molar-refractivity contribution in [3.8, 4) is 0 Å². The SMILES string of the molecule is C[C@H]1c2c([nH]c3ccc(C(F)(F)F)cc23)C[C@H]2CCN(CCC3(C(=O)NCCN4CCCC4)CCOCC3)C[C@@H]21. The van der Waals surface area contributed by atoms with Crippen molar-refractivity contribution in [1.29, 1.82) is 0 Å². The fraction of sp³-hybridized carbons (Fsp3) is 0.710. The third-order valence-corrected chi connectivity index (χ3v) is 10.5. The first-order chi connectivity index (χ1) is 19.2. The standard InChI is InChI=1S/C31H43F3N4O2/c1-21-25-20-38(14-7-30(8-16-40-17-9-30)29(39)35-10-15-37-11-2-3-12-37)13-6-22(25)18-27-28(21)24-19-23(31(32,33)34)4-5-26(24)36-27/h4-5,19,21-22,25,36H,2-3,6-18,20H2,1H3,(H,35,39)/t21-,22-,25-/m1/s1. The number of hydrogen-bond acceptors (Lipinski definition) is 4. The Bertz CT molecular complexity index is 1200. The van der Waals surface area contributed by atoms with Gasteiger partial charge in [-0.05, 0) is 113 Å². The van der Waals surface area contributed by atoms with Crippen LogP contribution in [0.3, 0.4) is 0 Å². The zero-order chi connectivity index (χ0) is 27.9. The van der Waals surface area contributed by atoms with Crippen molar-refractivity contribution in [3.63, 3.8) is 0 Å². The van der Waals surface area contributed by atoms with E-state index in [0.29, 0.717) is 31.6 Å². The van der Waals surface area contributed by atoms with E-state index in [1.807, 2.05) is 0 Å². The average molecular weight is 561 g/mol. The van der Waals surface area contributed by atoms with Gasteiger partial charge in [-0.15, -0.1) is 0 Å². The first kappa shape index (κ1) is 28.0. The van der Waals surface area contributed by atoms with Crippen molar-refractivity contribution in [3.05, 3.63) is 35.0 Å². The van der Waals surface area contributed by atoms with Gasteiger partial charge in [-0.25, -0.2) is 0 Å². The number of likely N-dealkylation sites (tertiary alicyclic amines) is 2. The maximum absolute atomic E-state index is 13.5. The Balaban J connectivity index is 1.12. The molecule has 3 aliphatic heterocycles. The van der Waals surface area contributed by atoms with Crippen molar-refractivity contribution in [1.82, 2.24) is 20.1 Å². The molecule has 1 aliphatic carbocycles. The largest absolute Gasteiger partial charge is 0.416 e. The highest BCUT2D eigenvalue weighted by atomic mass is 19.4. The van der Waals surface area contributed by atoms with Gasteiger partial charge in [0.2, 0.25) is 5.91 Å². The summed E-state index contributed by atoms with van der Waals surface area (Å²) in [6.45, 7) is 10.2. The Hall–Kier alpha value is -2.10. The van der Waals surface area contributed by atoms with Crippen LogP contribution in [0.4, 0.5) is 13.2 Å². The van der Waals surface area contributed by atoms with Gasteiger partial charge in [-0.1, -0.05) is 6.92 Å². The summed E-state index contributed by atoms with van der Waals surface area (Å²) in [6, 6.07) is 4.10. The molecule has 0 bridgehead atoms. The number of piperidine rings is 1. The number of aromatic nitrogens is 1. The number of carbonyl (C=O) groups excluding carboxylic acids is 1. The second kappa shape index (κ2) is 11.3. The van der Waals surface area contributed by atoms with Gasteiger partial charge >= 0.3 is 6.18 Å². The Morgan fingerprint density at radius 2 is 1.90 bits per heavy atom. The second-order valence-corrected chi connectivity index (χ2v) is 12.7. The molecule has 1 aromatic heterocycles. The Labute approximate surface area is 235 Å². The minimum Gasteiger partial charge on any atom is -0.381 e. The number of fused-ring (bicyclic) bond motifs is 4. The van der Waals surface area contributed by atoms with Crippen molar-refractivity contribution in [2.45, 2.75) is 64.0 Å². The number of carbonyl (C=O) groups is 1. The van der Waals surface area contributed by atoms with Crippen LogP contribution in [0.5, 0.6) is 0 Å². The number of hydrogen-bond donors (Lipinski definition) is 2. The molecule has 0 saturated carbocycles. The zero-order valence-corrected chi connectivity index (χ0v) is 23.6. The van der Waals surface area contributed by atoms with E-state index in [9.17, 15) is 18.0 Å². The van der Waals surface area contributed by atoms with Crippen LogP contribution in [0.2, 0.25) is 0 Å². The van der Waals surface area contributed by atoms with Crippen LogP contribution in [-0.2, 0) is 22.1 Å². The van der Waals surface area contributed by atoms with Gasteiger partial charge in [-0.2, -0.15) is 13.2 Å². The molecule has 4 aliphatic rings. The fourth-order valence-electron chi connectivity index (χ4n) is 7.97. The molecule has 2 aromatic rings. The number of aromatic amines is 1. The molecular formula is C31H43F3N4O2. The zero-order valence-electron chi connectivity index (χ0n) is 23.6. The predicted octanol–water partition coefficient (Wildman–Crippen LogP) is 5.18. The van der Waals surface area contributed by atoms with Crippen molar-refractivity contribution in [2.75, 3.05) is 59.0 Å². The third kappa shape index (κ3) is 5.53. The smallest absolute Gasteiger partial charge is 0.381 e. The van der Waals surface area contributed by atoms with Crippen LogP contribution in [0.1, 0.15) is 68.2 Å². The molecule has 1 amide bonds. The minimum atomic E-state index is -4.35. The van der Waals surface area contributed by atoms with E-state index in [-0.39, 0.29) is 17.2 Å². The Kier molecular flexibility index (Phi) is 7.91. The molecule has 4 heterocycles. The number of halogens is 3. The lowest BCUT2D eigenvalue weighted by molar-refractivity contribution is -0.138. The fourth-order valence-corrected chi connectivity index (χ4v) is 7.97. The monoisotopic (exact) mass is 560 g/mol. The molecule has 40 heavy (non-hydrogen) atoms. The summed E-state index contributed by atoms with van der Waals surface area (Å²) in [5.74, 6) is 1.29. The van der Waals surface area contributed by atoms with Gasteiger partial charge in [0.25, 0.3) is 0 Å². The number of nitrogens with one attached hydrogen (secondary N) is 2. The topological polar surface area (TPSA) is 60.6 Å². The number of rotatable bonds is 7.